The van der Waals surface area contributed by atoms with Crippen LogP contribution in [-0.4, -0.2) is 42.3 Å². The molecule has 3 aromatic rings. The predicted molar refractivity (Wildman–Crippen MR) is 102 cm³/mol. The zero-order valence-electron chi connectivity index (χ0n) is 16.6. The van der Waals surface area contributed by atoms with Crippen LogP contribution in [0.25, 0.3) is 16.8 Å². The third-order valence-electron chi connectivity index (χ3n) is 4.74. The second kappa shape index (κ2) is 9.77. The summed E-state index contributed by atoms with van der Waals surface area (Å²) in [5.74, 6) is -2.99. The number of carbonyl (C=O) groups excluding carboxylic acids is 2. The van der Waals surface area contributed by atoms with E-state index in [1.165, 1.54) is 12.1 Å². The number of halogens is 4. The number of aliphatic carboxylic acids is 1. The molecule has 0 unspecified atom stereocenters. The van der Waals surface area contributed by atoms with Crippen LogP contribution in [0.5, 0.6) is 0 Å². The van der Waals surface area contributed by atoms with Crippen molar-refractivity contribution in [1.82, 2.24) is 10.3 Å². The molecule has 1 aliphatic rings. The number of aromatic nitrogens is 2. The third kappa shape index (κ3) is 5.61. The van der Waals surface area contributed by atoms with E-state index in [4.69, 9.17) is 14.6 Å². The Labute approximate surface area is 179 Å². The first kappa shape index (κ1) is 23.2. The van der Waals surface area contributed by atoms with Crippen LogP contribution < -0.4 is 14.8 Å². The number of aromatic amines is 1. The van der Waals surface area contributed by atoms with E-state index in [0.29, 0.717) is 19.0 Å². The van der Waals surface area contributed by atoms with Crippen LogP contribution in [0.2, 0.25) is 0 Å². The summed E-state index contributed by atoms with van der Waals surface area (Å²) >= 11 is 0. The molecule has 0 radical (unpaired) electrons. The van der Waals surface area contributed by atoms with Crippen molar-refractivity contribution in [3.63, 3.8) is 0 Å². The van der Waals surface area contributed by atoms with E-state index in [2.05, 4.69) is 10.3 Å². The van der Waals surface area contributed by atoms with Gasteiger partial charge in [-0.3, -0.25) is 4.79 Å². The smallest absolute Gasteiger partial charge is 0.430 e. The molecule has 11 heteroatoms. The molecule has 32 heavy (non-hydrogen) atoms. The number of ether oxygens (including phenoxy) is 1. The van der Waals surface area contributed by atoms with Gasteiger partial charge in [0.05, 0.1) is 6.20 Å². The van der Waals surface area contributed by atoms with Crippen molar-refractivity contribution >= 4 is 17.4 Å². The van der Waals surface area contributed by atoms with Gasteiger partial charge < -0.3 is 20.0 Å². The molecule has 0 bridgehead atoms. The van der Waals surface area contributed by atoms with Crippen molar-refractivity contribution in [2.24, 2.45) is 0 Å². The van der Waals surface area contributed by atoms with E-state index in [9.17, 15) is 22.4 Å². The number of rotatable bonds is 3. The third-order valence-corrected chi connectivity index (χ3v) is 4.74. The number of carboxylic acid groups (broad SMARTS) is 1. The highest BCUT2D eigenvalue weighted by atomic mass is 19.4. The van der Waals surface area contributed by atoms with E-state index in [-0.39, 0.29) is 17.8 Å². The number of benzene rings is 1. The summed E-state index contributed by atoms with van der Waals surface area (Å²) in [7, 11) is 0. The number of hydrogen-bond acceptors (Lipinski definition) is 4. The number of nitrogens with zero attached hydrogens (tertiary/aromatic N) is 1. The summed E-state index contributed by atoms with van der Waals surface area (Å²) in [4.78, 5) is 24.8. The number of carboxylic acids is 1. The quantitative estimate of drug-likeness (QED) is 0.467. The average Bonchev–Trinajstić information content (AvgIpc) is 3.15. The van der Waals surface area contributed by atoms with Crippen molar-refractivity contribution in [2.75, 3.05) is 13.2 Å². The zero-order valence-corrected chi connectivity index (χ0v) is 16.6. The molecule has 2 aromatic heterocycles. The van der Waals surface area contributed by atoms with Gasteiger partial charge in [0.1, 0.15) is 11.8 Å². The number of amides is 1. The number of pyridine rings is 1. The van der Waals surface area contributed by atoms with Gasteiger partial charge >= 0.3 is 17.9 Å². The highest BCUT2D eigenvalue weighted by Crippen LogP contribution is 2.22. The van der Waals surface area contributed by atoms with Crippen LogP contribution in [-0.2, 0) is 9.53 Å². The molecule has 170 valence electrons. The predicted octanol–water partition coefficient (Wildman–Crippen LogP) is 1.77. The monoisotopic (exact) mass is 453 g/mol. The van der Waals surface area contributed by atoms with Crippen LogP contribution in [0.3, 0.4) is 0 Å². The standard InChI is InChI=1S/C19H18FN3O2.C2HF3O2/c20-14-6-4-13(5-7-14)17-16-3-1-2-10-23(16)18(22-17)19(24)21-15-8-11-25-12-9-15;3-2(4,5)1(6)7/h1-7,10,15H,8-9,11-12H2,(H,21,24);(H,6,7). The van der Waals surface area contributed by atoms with Gasteiger partial charge in [-0.15, -0.1) is 0 Å². The first-order valence-corrected chi connectivity index (χ1v) is 9.62. The molecule has 0 spiro atoms. The highest BCUT2D eigenvalue weighted by Gasteiger charge is 2.29. The number of H-pyrrole nitrogens is 1. The lowest BCUT2D eigenvalue weighted by Crippen LogP contribution is -2.42. The maximum absolute atomic E-state index is 13.2. The van der Waals surface area contributed by atoms with Gasteiger partial charge in [-0.05, 0) is 49.2 Å². The van der Waals surface area contributed by atoms with E-state index >= 15 is 0 Å². The first-order valence-electron chi connectivity index (χ1n) is 9.62. The Kier molecular flexibility index (Phi) is 7.08. The van der Waals surface area contributed by atoms with Gasteiger partial charge in [0.2, 0.25) is 0 Å². The zero-order chi connectivity index (χ0) is 23.3. The van der Waals surface area contributed by atoms with Crippen molar-refractivity contribution in [2.45, 2.75) is 25.1 Å². The maximum atomic E-state index is 13.2. The Hall–Kier alpha value is -3.47. The van der Waals surface area contributed by atoms with Gasteiger partial charge in [0.15, 0.2) is 11.2 Å². The number of nitrogens with one attached hydrogen (secondary N) is 2. The number of fused-ring (bicyclic) bond motifs is 1. The van der Waals surface area contributed by atoms with Crippen molar-refractivity contribution < 1.29 is 41.4 Å². The molecule has 0 saturated carbocycles. The lowest BCUT2D eigenvalue weighted by Gasteiger charge is -2.22. The van der Waals surface area contributed by atoms with E-state index in [0.717, 1.165) is 29.6 Å². The number of carbonyl (C=O) groups is 2. The van der Waals surface area contributed by atoms with Crippen LogP contribution >= 0.6 is 0 Å². The number of imidazole rings is 1. The van der Waals surface area contributed by atoms with Crippen LogP contribution in [0.1, 0.15) is 23.5 Å². The molecule has 1 aromatic carbocycles. The summed E-state index contributed by atoms with van der Waals surface area (Å²) < 4.78 is 51.9. The Morgan fingerprint density at radius 3 is 2.31 bits per heavy atom. The van der Waals surface area contributed by atoms with Crippen molar-refractivity contribution in [3.05, 3.63) is 60.3 Å². The molecule has 1 fully saturated rings. The summed E-state index contributed by atoms with van der Waals surface area (Å²) in [6.45, 7) is 1.34. The Morgan fingerprint density at radius 2 is 1.72 bits per heavy atom. The normalized spacial score (nSPS) is 14.5. The van der Waals surface area contributed by atoms with Gasteiger partial charge in [0, 0.05) is 24.8 Å². The largest absolute Gasteiger partial charge is 0.542 e. The van der Waals surface area contributed by atoms with Crippen LogP contribution in [0.15, 0.2) is 48.7 Å². The fourth-order valence-corrected chi connectivity index (χ4v) is 3.18. The summed E-state index contributed by atoms with van der Waals surface area (Å²) in [5, 5.41) is 11.9. The minimum Gasteiger partial charge on any atom is -0.542 e. The van der Waals surface area contributed by atoms with Gasteiger partial charge in [-0.1, -0.05) is 6.07 Å². The molecular weight excluding hydrogens is 434 g/mol. The fraction of sp³-hybridized carbons (Fsp3) is 0.286. The first-order chi connectivity index (χ1) is 15.2. The summed E-state index contributed by atoms with van der Waals surface area (Å²) in [6.07, 6.45) is -1.71. The minimum atomic E-state index is -5.19. The molecule has 7 nitrogen and oxygen atoms in total. The molecule has 1 aliphatic heterocycles. The van der Waals surface area contributed by atoms with Crippen molar-refractivity contribution in [3.8, 4) is 11.3 Å². The van der Waals surface area contributed by atoms with Gasteiger partial charge in [0.25, 0.3) is 0 Å². The summed E-state index contributed by atoms with van der Waals surface area (Å²) in [5.41, 5.74) is 2.49. The van der Waals surface area contributed by atoms with Crippen LogP contribution in [0, 0.1) is 5.82 Å². The molecule has 0 atom stereocenters. The van der Waals surface area contributed by atoms with Gasteiger partial charge in [-0.2, -0.15) is 17.6 Å². The molecule has 1 saturated heterocycles. The molecule has 2 N–H and O–H groups in total. The lowest BCUT2D eigenvalue weighted by molar-refractivity contribution is -0.514. The lowest BCUT2D eigenvalue weighted by atomic mass is 10.1. The Morgan fingerprint density at radius 1 is 1.09 bits per heavy atom. The van der Waals surface area contributed by atoms with E-state index in [1.54, 1.807) is 12.1 Å². The van der Waals surface area contributed by atoms with Crippen molar-refractivity contribution in [1.29, 1.82) is 0 Å². The maximum Gasteiger partial charge on any atom is 0.430 e. The SMILES string of the molecule is O=C(NC1CCOCC1)c1[nH]c(-c2ccc(F)cc2)c2cccc[n+]12.O=C([O-])C(F)(F)F. The van der Waals surface area contributed by atoms with E-state index < -0.39 is 12.1 Å². The number of hydrogen-bond donors (Lipinski definition) is 2. The van der Waals surface area contributed by atoms with E-state index in [1.807, 2.05) is 28.8 Å². The molecule has 1 amide bonds. The average molecular weight is 453 g/mol. The van der Waals surface area contributed by atoms with Gasteiger partial charge in [-0.25, -0.2) is 9.37 Å². The minimum absolute atomic E-state index is 0.123. The molecule has 4 rings (SSSR count). The van der Waals surface area contributed by atoms with Crippen LogP contribution in [0.4, 0.5) is 17.6 Å². The second-order valence-electron chi connectivity index (χ2n) is 6.96. The Balaban J connectivity index is 0.000000360. The molecular formula is C21H19F4N3O4. The molecule has 0 aliphatic carbocycles. The summed E-state index contributed by atoms with van der Waals surface area (Å²) in [6, 6.07) is 12.1. The Bertz CT molecular complexity index is 1090. The number of alkyl halides is 3. The molecule has 3 heterocycles. The second-order valence-corrected chi connectivity index (χ2v) is 6.96. The highest BCUT2D eigenvalue weighted by molar-refractivity contribution is 5.91. The fourth-order valence-electron chi connectivity index (χ4n) is 3.18. The topological polar surface area (TPSA) is 98.3 Å².